The van der Waals surface area contributed by atoms with Gasteiger partial charge in [-0.25, -0.2) is 4.79 Å². The first-order valence-corrected chi connectivity index (χ1v) is 9.40. The molecule has 0 radical (unpaired) electrons. The first-order valence-electron chi connectivity index (χ1n) is 6.49. The maximum Gasteiger partial charge on any atom is 0.335 e. The van der Waals surface area contributed by atoms with Crippen LogP contribution in [0.1, 0.15) is 42.3 Å². The van der Waals surface area contributed by atoms with Crippen LogP contribution in [0.15, 0.2) is 12.1 Å². The molecule has 0 aromatic heterocycles. The van der Waals surface area contributed by atoms with Gasteiger partial charge < -0.3 is 9.53 Å². The highest BCUT2D eigenvalue weighted by Crippen LogP contribution is 2.38. The van der Waals surface area contributed by atoms with Crippen LogP contribution in [0.4, 0.5) is 0 Å². The zero-order chi connectivity index (χ0) is 15.0. The number of hydrogen-bond donors (Lipinski definition) is 1. The molecule has 0 aliphatic rings. The Hall–Kier alpha value is -1.29. The average molecular weight is 280 g/mol. The molecule has 3 nitrogen and oxygen atoms in total. The van der Waals surface area contributed by atoms with Crippen molar-refractivity contribution in [3.8, 4) is 5.75 Å². The second-order valence-electron chi connectivity index (χ2n) is 6.58. The van der Waals surface area contributed by atoms with Crippen LogP contribution in [-0.4, -0.2) is 19.4 Å². The Bertz CT molecular complexity index is 499. The molecule has 0 amide bonds. The number of rotatable bonds is 3. The predicted molar refractivity (Wildman–Crippen MR) is 80.7 cm³/mol. The molecule has 0 aliphatic carbocycles. The normalized spacial score (nSPS) is 12.4. The molecule has 0 saturated carbocycles. The maximum atomic E-state index is 11.1. The molecular weight excluding hydrogens is 256 g/mol. The van der Waals surface area contributed by atoms with Crippen molar-refractivity contribution in [2.75, 3.05) is 0 Å². The van der Waals surface area contributed by atoms with E-state index in [4.69, 9.17) is 9.53 Å². The van der Waals surface area contributed by atoms with Gasteiger partial charge in [-0.3, -0.25) is 0 Å². The Morgan fingerprint density at radius 3 is 2.16 bits per heavy atom. The van der Waals surface area contributed by atoms with Gasteiger partial charge in [0, 0.05) is 0 Å². The lowest BCUT2D eigenvalue weighted by atomic mass is 10.1. The summed E-state index contributed by atoms with van der Waals surface area (Å²) in [6.07, 6.45) is 0. The van der Waals surface area contributed by atoms with Crippen LogP contribution in [0.5, 0.6) is 5.75 Å². The molecule has 1 rings (SSSR count). The van der Waals surface area contributed by atoms with Crippen molar-refractivity contribution in [1.29, 1.82) is 0 Å². The molecule has 0 unspecified atom stereocenters. The van der Waals surface area contributed by atoms with E-state index < -0.39 is 14.3 Å². The van der Waals surface area contributed by atoms with Gasteiger partial charge in [-0.05, 0) is 55.2 Å². The number of carboxylic acid groups (broad SMARTS) is 1. The van der Waals surface area contributed by atoms with E-state index in [0.717, 1.165) is 11.1 Å². The van der Waals surface area contributed by atoms with Gasteiger partial charge in [0.25, 0.3) is 0 Å². The fourth-order valence-corrected chi connectivity index (χ4v) is 2.55. The summed E-state index contributed by atoms with van der Waals surface area (Å²) in [7, 11) is -1.95. The van der Waals surface area contributed by atoms with Gasteiger partial charge in [0.15, 0.2) is 0 Å². The lowest BCUT2D eigenvalue weighted by Crippen LogP contribution is -2.44. The molecule has 0 bridgehead atoms. The summed E-state index contributed by atoms with van der Waals surface area (Å²) in [5.74, 6) is -0.202. The molecular formula is C15H24O3Si. The zero-order valence-electron chi connectivity index (χ0n) is 12.9. The van der Waals surface area contributed by atoms with E-state index in [1.807, 2.05) is 13.8 Å². The Morgan fingerprint density at radius 2 is 1.74 bits per heavy atom. The van der Waals surface area contributed by atoms with E-state index in [0.29, 0.717) is 5.75 Å². The van der Waals surface area contributed by atoms with Gasteiger partial charge in [0.05, 0.1) is 5.56 Å². The van der Waals surface area contributed by atoms with Crippen LogP contribution in [0.2, 0.25) is 18.1 Å². The number of carboxylic acids is 1. The summed E-state index contributed by atoms with van der Waals surface area (Å²) in [6.45, 7) is 14.7. The Morgan fingerprint density at radius 1 is 1.21 bits per heavy atom. The number of aryl methyl sites for hydroxylation is 1. The molecule has 0 spiro atoms. The fourth-order valence-electron chi connectivity index (χ4n) is 1.48. The van der Waals surface area contributed by atoms with Crippen molar-refractivity contribution in [3.63, 3.8) is 0 Å². The quantitative estimate of drug-likeness (QED) is 0.835. The highest BCUT2D eigenvalue weighted by Gasteiger charge is 2.39. The van der Waals surface area contributed by atoms with E-state index in [1.54, 1.807) is 12.1 Å². The molecule has 0 fully saturated rings. The third-order valence-electron chi connectivity index (χ3n) is 4.04. The minimum absolute atomic E-state index is 0.0899. The van der Waals surface area contributed by atoms with Crippen LogP contribution in [-0.2, 0) is 0 Å². The second kappa shape index (κ2) is 5.00. The van der Waals surface area contributed by atoms with Crippen molar-refractivity contribution in [3.05, 3.63) is 28.8 Å². The summed E-state index contributed by atoms with van der Waals surface area (Å²) in [4.78, 5) is 11.1. The maximum absolute atomic E-state index is 11.1. The third kappa shape index (κ3) is 3.38. The van der Waals surface area contributed by atoms with E-state index in [9.17, 15) is 4.79 Å². The topological polar surface area (TPSA) is 46.5 Å². The van der Waals surface area contributed by atoms with Crippen LogP contribution >= 0.6 is 0 Å². The predicted octanol–water partition coefficient (Wildman–Crippen LogP) is 4.39. The molecule has 0 atom stereocenters. The summed E-state index contributed by atoms with van der Waals surface area (Å²) in [5, 5.41) is 9.23. The van der Waals surface area contributed by atoms with Crippen LogP contribution in [0, 0.1) is 13.8 Å². The monoisotopic (exact) mass is 280 g/mol. The van der Waals surface area contributed by atoms with E-state index in [2.05, 4.69) is 33.9 Å². The molecule has 1 N–H and O–H groups in total. The van der Waals surface area contributed by atoms with E-state index >= 15 is 0 Å². The molecule has 0 heterocycles. The van der Waals surface area contributed by atoms with Gasteiger partial charge in [-0.15, -0.1) is 0 Å². The molecule has 106 valence electrons. The standard InChI is InChI=1S/C15H24O3Si/c1-10-8-12(14(16)17)9-13(11(10)2)18-19(6,7)15(3,4)5/h8-9H,1-7H3,(H,16,17). The molecule has 0 saturated heterocycles. The van der Waals surface area contributed by atoms with Crippen LogP contribution in [0.3, 0.4) is 0 Å². The first-order chi connectivity index (χ1) is 8.45. The molecule has 0 aliphatic heterocycles. The van der Waals surface area contributed by atoms with Crippen molar-refractivity contribution < 1.29 is 14.3 Å². The first kappa shape index (κ1) is 15.8. The van der Waals surface area contributed by atoms with Gasteiger partial charge >= 0.3 is 5.97 Å². The van der Waals surface area contributed by atoms with Crippen LogP contribution < -0.4 is 4.43 Å². The van der Waals surface area contributed by atoms with Crippen molar-refractivity contribution in [2.24, 2.45) is 0 Å². The highest BCUT2D eigenvalue weighted by molar-refractivity contribution is 6.74. The summed E-state index contributed by atoms with van der Waals surface area (Å²) in [5.41, 5.74) is 2.26. The lowest BCUT2D eigenvalue weighted by molar-refractivity contribution is 0.0696. The Balaban J connectivity index is 3.25. The average Bonchev–Trinajstić information content (AvgIpc) is 2.22. The number of carbonyl (C=O) groups is 1. The van der Waals surface area contributed by atoms with Gasteiger partial charge in [0.1, 0.15) is 5.75 Å². The minimum atomic E-state index is -1.95. The Labute approximate surface area is 116 Å². The van der Waals surface area contributed by atoms with E-state index in [1.165, 1.54) is 0 Å². The SMILES string of the molecule is Cc1cc(C(=O)O)cc(O[Si](C)(C)C(C)(C)C)c1C. The largest absolute Gasteiger partial charge is 0.543 e. The summed E-state index contributed by atoms with van der Waals surface area (Å²) in [6, 6.07) is 3.33. The van der Waals surface area contributed by atoms with Crippen molar-refractivity contribution in [2.45, 2.75) is 52.8 Å². The second-order valence-corrected chi connectivity index (χ2v) is 11.3. The summed E-state index contributed by atoms with van der Waals surface area (Å²) < 4.78 is 6.24. The molecule has 4 heteroatoms. The van der Waals surface area contributed by atoms with Gasteiger partial charge in [0.2, 0.25) is 8.32 Å². The van der Waals surface area contributed by atoms with Gasteiger partial charge in [-0.1, -0.05) is 20.8 Å². The molecule has 1 aromatic rings. The molecule has 1 aromatic carbocycles. The lowest BCUT2D eigenvalue weighted by Gasteiger charge is -2.37. The Kier molecular flexibility index (Phi) is 4.15. The molecule has 19 heavy (non-hydrogen) atoms. The van der Waals surface area contributed by atoms with Gasteiger partial charge in [-0.2, -0.15) is 0 Å². The van der Waals surface area contributed by atoms with E-state index in [-0.39, 0.29) is 10.6 Å². The highest BCUT2D eigenvalue weighted by atomic mass is 28.4. The summed E-state index contributed by atoms with van der Waals surface area (Å²) >= 11 is 0. The minimum Gasteiger partial charge on any atom is -0.543 e. The number of hydrogen-bond acceptors (Lipinski definition) is 2. The smallest absolute Gasteiger partial charge is 0.335 e. The fraction of sp³-hybridized carbons (Fsp3) is 0.533. The van der Waals surface area contributed by atoms with Crippen molar-refractivity contribution in [1.82, 2.24) is 0 Å². The zero-order valence-corrected chi connectivity index (χ0v) is 13.9. The number of benzene rings is 1. The number of aromatic carboxylic acids is 1. The third-order valence-corrected chi connectivity index (χ3v) is 8.38. The van der Waals surface area contributed by atoms with Crippen LogP contribution in [0.25, 0.3) is 0 Å². The van der Waals surface area contributed by atoms with Crippen molar-refractivity contribution >= 4 is 14.3 Å².